The molecule has 0 spiro atoms. The van der Waals surface area contributed by atoms with E-state index in [1.807, 2.05) is 6.07 Å². The van der Waals surface area contributed by atoms with E-state index in [0.717, 1.165) is 44.1 Å². The van der Waals surface area contributed by atoms with E-state index in [4.69, 9.17) is 4.74 Å². The van der Waals surface area contributed by atoms with Crippen molar-refractivity contribution in [1.29, 1.82) is 0 Å². The van der Waals surface area contributed by atoms with Crippen molar-refractivity contribution in [2.45, 2.75) is 43.4 Å². The third-order valence-corrected chi connectivity index (χ3v) is 7.36. The van der Waals surface area contributed by atoms with Crippen LogP contribution in [-0.4, -0.2) is 54.2 Å². The molecule has 2 aromatic rings. The second kappa shape index (κ2) is 7.67. The van der Waals surface area contributed by atoms with E-state index in [0.29, 0.717) is 23.5 Å². The fourth-order valence-corrected chi connectivity index (χ4v) is 5.62. The van der Waals surface area contributed by atoms with Crippen molar-refractivity contribution in [3.05, 3.63) is 41.5 Å². The van der Waals surface area contributed by atoms with Gasteiger partial charge in [0.2, 0.25) is 10.0 Å². The van der Waals surface area contributed by atoms with Crippen LogP contribution < -0.4 is 5.32 Å². The van der Waals surface area contributed by atoms with Crippen LogP contribution in [-0.2, 0) is 34.5 Å². The van der Waals surface area contributed by atoms with E-state index in [2.05, 4.69) is 20.1 Å². The molecule has 2 aliphatic rings. The topological polar surface area (TPSA) is 89.4 Å². The number of hydrogen-bond donors (Lipinski definition) is 1. The molecule has 1 saturated heterocycles. The number of nitrogens with zero attached hydrogens (tertiary/aromatic N) is 4. The first-order valence-corrected chi connectivity index (χ1v) is 10.7. The maximum absolute atomic E-state index is 13.1. The molecule has 0 bridgehead atoms. The van der Waals surface area contributed by atoms with Crippen molar-refractivity contribution >= 4 is 10.0 Å². The van der Waals surface area contributed by atoms with Gasteiger partial charge in [-0.1, -0.05) is 18.2 Å². The maximum atomic E-state index is 13.1. The van der Waals surface area contributed by atoms with Crippen LogP contribution in [0.1, 0.15) is 36.0 Å². The number of fused-ring (bicyclic) bond motifs is 1. The molecule has 0 aliphatic carbocycles. The SMILES string of the molecule is COCc1ccccc1S(=O)(=O)N1CCC(c2nnc3n2CCNC3)CC1. The summed E-state index contributed by atoms with van der Waals surface area (Å²) in [7, 11) is -1.95. The van der Waals surface area contributed by atoms with E-state index in [1.54, 1.807) is 29.6 Å². The number of aromatic nitrogens is 3. The molecule has 9 heteroatoms. The molecule has 1 N–H and O–H groups in total. The van der Waals surface area contributed by atoms with Crippen LogP contribution in [0.25, 0.3) is 0 Å². The number of sulfonamides is 1. The molecule has 1 fully saturated rings. The first kappa shape index (κ1) is 18.5. The Morgan fingerprint density at radius 2 is 1.96 bits per heavy atom. The van der Waals surface area contributed by atoms with Gasteiger partial charge in [-0.15, -0.1) is 10.2 Å². The van der Waals surface area contributed by atoms with Crippen LogP contribution in [0, 0.1) is 0 Å². The van der Waals surface area contributed by atoms with Gasteiger partial charge < -0.3 is 14.6 Å². The van der Waals surface area contributed by atoms with E-state index < -0.39 is 10.0 Å². The number of piperidine rings is 1. The molecule has 2 aliphatic heterocycles. The van der Waals surface area contributed by atoms with Gasteiger partial charge in [0.05, 0.1) is 18.0 Å². The van der Waals surface area contributed by atoms with E-state index in [-0.39, 0.29) is 12.5 Å². The maximum Gasteiger partial charge on any atom is 0.243 e. The Morgan fingerprint density at radius 3 is 2.74 bits per heavy atom. The first-order chi connectivity index (χ1) is 13.1. The molecule has 146 valence electrons. The van der Waals surface area contributed by atoms with Gasteiger partial charge in [-0.05, 0) is 24.5 Å². The van der Waals surface area contributed by atoms with Crippen molar-refractivity contribution in [1.82, 2.24) is 24.4 Å². The molecule has 0 atom stereocenters. The zero-order valence-electron chi connectivity index (χ0n) is 15.5. The van der Waals surface area contributed by atoms with Gasteiger partial charge in [0.1, 0.15) is 11.6 Å². The lowest BCUT2D eigenvalue weighted by Crippen LogP contribution is -2.39. The predicted molar refractivity (Wildman–Crippen MR) is 99.6 cm³/mol. The Bertz CT molecular complexity index is 903. The molecule has 4 rings (SSSR count). The fraction of sp³-hybridized carbons (Fsp3) is 0.556. The largest absolute Gasteiger partial charge is 0.380 e. The molecule has 3 heterocycles. The van der Waals surface area contributed by atoms with Crippen LogP contribution in [0.4, 0.5) is 0 Å². The van der Waals surface area contributed by atoms with Crippen molar-refractivity contribution in [2.24, 2.45) is 0 Å². The van der Waals surface area contributed by atoms with E-state index in [1.165, 1.54) is 0 Å². The van der Waals surface area contributed by atoms with Gasteiger partial charge in [-0.25, -0.2) is 8.42 Å². The highest BCUT2D eigenvalue weighted by Gasteiger charge is 2.33. The highest BCUT2D eigenvalue weighted by Crippen LogP contribution is 2.31. The standard InChI is InChI=1S/C18H25N5O3S/c1-26-13-15-4-2-3-5-16(15)27(24,25)22-9-6-14(7-10-22)18-21-20-17-12-19-8-11-23(17)18/h2-5,14,19H,6-13H2,1H3. The number of rotatable bonds is 5. The van der Waals surface area contributed by atoms with Crippen molar-refractivity contribution in [3.8, 4) is 0 Å². The van der Waals surface area contributed by atoms with Gasteiger partial charge in [-0.2, -0.15) is 4.31 Å². The number of ether oxygens (including phenoxy) is 1. The molecule has 8 nitrogen and oxygen atoms in total. The zero-order valence-corrected chi connectivity index (χ0v) is 16.3. The summed E-state index contributed by atoms with van der Waals surface area (Å²) in [5.41, 5.74) is 0.696. The second-order valence-electron chi connectivity index (χ2n) is 7.02. The first-order valence-electron chi connectivity index (χ1n) is 9.31. The Kier molecular flexibility index (Phi) is 5.27. The smallest absolute Gasteiger partial charge is 0.243 e. The van der Waals surface area contributed by atoms with Crippen LogP contribution in [0.2, 0.25) is 0 Å². The third kappa shape index (κ3) is 3.52. The monoisotopic (exact) mass is 391 g/mol. The zero-order chi connectivity index (χ0) is 18.9. The Labute approximate surface area is 159 Å². The minimum absolute atomic E-state index is 0.255. The summed E-state index contributed by atoms with van der Waals surface area (Å²) in [4.78, 5) is 0.344. The molecular formula is C18H25N5O3S. The summed E-state index contributed by atoms with van der Waals surface area (Å²) < 4.78 is 35.2. The summed E-state index contributed by atoms with van der Waals surface area (Å²) >= 11 is 0. The van der Waals surface area contributed by atoms with Gasteiger partial charge in [-0.3, -0.25) is 0 Å². The van der Waals surface area contributed by atoms with Gasteiger partial charge in [0.25, 0.3) is 0 Å². The predicted octanol–water partition coefficient (Wildman–Crippen LogP) is 1.10. The van der Waals surface area contributed by atoms with Crippen molar-refractivity contribution < 1.29 is 13.2 Å². The molecule has 1 aromatic heterocycles. The van der Waals surface area contributed by atoms with Crippen LogP contribution in [0.3, 0.4) is 0 Å². The fourth-order valence-electron chi connectivity index (χ4n) is 3.94. The van der Waals surface area contributed by atoms with Crippen LogP contribution in [0.15, 0.2) is 29.2 Å². The summed E-state index contributed by atoms with van der Waals surface area (Å²) in [6.45, 7) is 3.81. The average molecular weight is 391 g/mol. The highest BCUT2D eigenvalue weighted by molar-refractivity contribution is 7.89. The minimum Gasteiger partial charge on any atom is -0.380 e. The molecular weight excluding hydrogens is 366 g/mol. The Balaban J connectivity index is 1.50. The van der Waals surface area contributed by atoms with E-state index in [9.17, 15) is 8.42 Å². The summed E-state index contributed by atoms with van der Waals surface area (Å²) in [5.74, 6) is 2.23. The number of methoxy groups -OCH3 is 1. The highest BCUT2D eigenvalue weighted by atomic mass is 32.2. The minimum atomic E-state index is -3.52. The van der Waals surface area contributed by atoms with E-state index >= 15 is 0 Å². The van der Waals surface area contributed by atoms with Crippen LogP contribution in [0.5, 0.6) is 0 Å². The lowest BCUT2D eigenvalue weighted by atomic mass is 9.97. The van der Waals surface area contributed by atoms with Gasteiger partial charge in [0.15, 0.2) is 0 Å². The quantitative estimate of drug-likeness (QED) is 0.821. The number of benzene rings is 1. The molecule has 0 unspecified atom stereocenters. The lowest BCUT2D eigenvalue weighted by Gasteiger charge is -2.31. The molecule has 0 radical (unpaired) electrons. The summed E-state index contributed by atoms with van der Waals surface area (Å²) in [6.07, 6.45) is 1.52. The lowest BCUT2D eigenvalue weighted by molar-refractivity contribution is 0.182. The number of nitrogens with one attached hydrogen (secondary N) is 1. The van der Waals surface area contributed by atoms with Gasteiger partial charge in [0, 0.05) is 39.2 Å². The van der Waals surface area contributed by atoms with Gasteiger partial charge >= 0.3 is 0 Å². The Hall–Kier alpha value is -1.81. The Morgan fingerprint density at radius 1 is 1.19 bits per heavy atom. The van der Waals surface area contributed by atoms with Crippen molar-refractivity contribution in [3.63, 3.8) is 0 Å². The summed E-state index contributed by atoms with van der Waals surface area (Å²) in [5, 5.41) is 12.0. The molecule has 27 heavy (non-hydrogen) atoms. The second-order valence-corrected chi connectivity index (χ2v) is 8.93. The molecule has 0 amide bonds. The van der Waals surface area contributed by atoms with Crippen molar-refractivity contribution in [2.75, 3.05) is 26.7 Å². The average Bonchev–Trinajstić information content (AvgIpc) is 3.13. The van der Waals surface area contributed by atoms with Crippen LogP contribution >= 0.6 is 0 Å². The summed E-state index contributed by atoms with van der Waals surface area (Å²) in [6, 6.07) is 7.07. The normalized spacial score (nSPS) is 19.1. The third-order valence-electron chi connectivity index (χ3n) is 5.36. The number of hydrogen-bond acceptors (Lipinski definition) is 6. The molecule has 1 aromatic carbocycles. The molecule has 0 saturated carbocycles.